The van der Waals surface area contributed by atoms with Crippen LogP contribution in [0, 0.1) is 11.3 Å². The van der Waals surface area contributed by atoms with Crippen molar-refractivity contribution in [3.63, 3.8) is 0 Å². The first-order valence-electron chi connectivity index (χ1n) is 8.17. The topological polar surface area (TPSA) is 85.2 Å². The van der Waals surface area contributed by atoms with Gasteiger partial charge in [-0.3, -0.25) is 4.98 Å². The number of benzene rings is 1. The van der Waals surface area contributed by atoms with Crippen LogP contribution in [0.15, 0.2) is 55.1 Å². The molecule has 3 heterocycles. The summed E-state index contributed by atoms with van der Waals surface area (Å²) in [5.41, 5.74) is 4.13. The molecule has 0 aliphatic rings. The first-order valence-corrected chi connectivity index (χ1v) is 8.55. The average molecular weight is 376 g/mol. The van der Waals surface area contributed by atoms with Crippen molar-refractivity contribution in [1.29, 1.82) is 5.26 Å². The van der Waals surface area contributed by atoms with Gasteiger partial charge in [-0.25, -0.2) is 9.67 Å². The lowest BCUT2D eigenvalue weighted by Gasteiger charge is -2.04. The summed E-state index contributed by atoms with van der Waals surface area (Å²) >= 11 is 6.23. The fraction of sp³-hybridized carbons (Fsp3) is 0.105. The number of hydrogen-bond donors (Lipinski definition) is 0. The first kappa shape index (κ1) is 16.9. The van der Waals surface area contributed by atoms with Gasteiger partial charge in [0, 0.05) is 36.6 Å². The summed E-state index contributed by atoms with van der Waals surface area (Å²) in [5, 5.41) is 18.0. The SMILES string of the molecule is Cn1nnc(-c2ccnc(-c3cn(Cc4ccccc4Cl)cn3)c2)c1C#N. The number of nitriles is 1. The van der Waals surface area contributed by atoms with E-state index in [1.807, 2.05) is 41.1 Å². The van der Waals surface area contributed by atoms with Gasteiger partial charge in [-0.2, -0.15) is 5.26 Å². The minimum Gasteiger partial charge on any atom is -0.332 e. The Morgan fingerprint density at radius 1 is 1.15 bits per heavy atom. The zero-order chi connectivity index (χ0) is 18.8. The highest BCUT2D eigenvalue weighted by Crippen LogP contribution is 2.24. The van der Waals surface area contributed by atoms with Gasteiger partial charge in [0.25, 0.3) is 0 Å². The molecule has 0 aliphatic carbocycles. The van der Waals surface area contributed by atoms with E-state index in [9.17, 15) is 5.26 Å². The van der Waals surface area contributed by atoms with Crippen LogP contribution < -0.4 is 0 Å². The molecule has 0 aliphatic heterocycles. The van der Waals surface area contributed by atoms with Crippen molar-refractivity contribution in [1.82, 2.24) is 29.5 Å². The standard InChI is InChI=1S/C19H14ClN7/c1-26-18(9-21)19(24-25-26)13-6-7-22-16(8-13)17-11-27(12-23-17)10-14-4-2-3-5-15(14)20/h2-8,11-12H,10H2,1H3. The van der Waals surface area contributed by atoms with Crippen LogP contribution in [0.5, 0.6) is 0 Å². The largest absolute Gasteiger partial charge is 0.332 e. The summed E-state index contributed by atoms with van der Waals surface area (Å²) in [6.45, 7) is 0.620. The van der Waals surface area contributed by atoms with E-state index in [0.29, 0.717) is 23.6 Å². The molecule has 0 atom stereocenters. The molecule has 0 amide bonds. The second-order valence-electron chi connectivity index (χ2n) is 5.97. The molecule has 0 saturated heterocycles. The van der Waals surface area contributed by atoms with E-state index >= 15 is 0 Å². The summed E-state index contributed by atoms with van der Waals surface area (Å²) in [5.74, 6) is 0. The van der Waals surface area contributed by atoms with Crippen molar-refractivity contribution in [2.45, 2.75) is 6.54 Å². The zero-order valence-electron chi connectivity index (χ0n) is 14.4. The normalized spacial score (nSPS) is 10.7. The quantitative estimate of drug-likeness (QED) is 0.546. The molecule has 0 bridgehead atoms. The monoisotopic (exact) mass is 375 g/mol. The molecule has 27 heavy (non-hydrogen) atoms. The summed E-state index contributed by atoms with van der Waals surface area (Å²) in [6.07, 6.45) is 5.33. The molecule has 4 rings (SSSR count). The average Bonchev–Trinajstić information content (AvgIpc) is 3.30. The van der Waals surface area contributed by atoms with Crippen LogP contribution in [0.2, 0.25) is 5.02 Å². The van der Waals surface area contributed by atoms with Crippen LogP contribution in [0.25, 0.3) is 22.6 Å². The van der Waals surface area contributed by atoms with Crippen molar-refractivity contribution >= 4 is 11.6 Å². The van der Waals surface area contributed by atoms with E-state index in [4.69, 9.17) is 11.6 Å². The first-order chi connectivity index (χ1) is 13.2. The number of aryl methyl sites for hydroxylation is 1. The second-order valence-corrected chi connectivity index (χ2v) is 6.38. The molecule has 0 radical (unpaired) electrons. The molecule has 0 spiro atoms. The van der Waals surface area contributed by atoms with Gasteiger partial charge < -0.3 is 4.57 Å². The van der Waals surface area contributed by atoms with Crippen LogP contribution in [0.3, 0.4) is 0 Å². The number of aromatic nitrogens is 6. The summed E-state index contributed by atoms with van der Waals surface area (Å²) < 4.78 is 3.40. The third-order valence-corrected chi connectivity index (χ3v) is 4.54. The molecule has 7 nitrogen and oxygen atoms in total. The smallest absolute Gasteiger partial charge is 0.166 e. The number of rotatable bonds is 4. The predicted octanol–water partition coefficient (Wildman–Crippen LogP) is 3.31. The molecule has 132 valence electrons. The lowest BCUT2D eigenvalue weighted by Crippen LogP contribution is -1.96. The van der Waals surface area contributed by atoms with Crippen molar-refractivity contribution in [2.75, 3.05) is 0 Å². The van der Waals surface area contributed by atoms with Gasteiger partial charge in [-0.05, 0) is 23.8 Å². The summed E-state index contributed by atoms with van der Waals surface area (Å²) in [4.78, 5) is 8.84. The van der Waals surface area contributed by atoms with Crippen LogP contribution >= 0.6 is 11.6 Å². The third-order valence-electron chi connectivity index (χ3n) is 4.17. The fourth-order valence-corrected chi connectivity index (χ4v) is 2.99. The fourth-order valence-electron chi connectivity index (χ4n) is 2.80. The maximum atomic E-state index is 9.31. The van der Waals surface area contributed by atoms with E-state index in [2.05, 4.69) is 26.3 Å². The van der Waals surface area contributed by atoms with Gasteiger partial charge >= 0.3 is 0 Å². The number of nitrogens with zero attached hydrogens (tertiary/aromatic N) is 7. The van der Waals surface area contributed by atoms with Crippen LogP contribution in [0.1, 0.15) is 11.3 Å². The van der Waals surface area contributed by atoms with Gasteiger partial charge in [-0.1, -0.05) is 35.0 Å². The van der Waals surface area contributed by atoms with Crippen molar-refractivity contribution < 1.29 is 0 Å². The highest BCUT2D eigenvalue weighted by molar-refractivity contribution is 6.31. The summed E-state index contributed by atoms with van der Waals surface area (Å²) in [7, 11) is 1.69. The lowest BCUT2D eigenvalue weighted by atomic mass is 10.1. The zero-order valence-corrected chi connectivity index (χ0v) is 15.2. The molecule has 4 aromatic rings. The molecule has 3 aromatic heterocycles. The van der Waals surface area contributed by atoms with E-state index in [0.717, 1.165) is 21.8 Å². The van der Waals surface area contributed by atoms with Gasteiger partial charge in [0.1, 0.15) is 17.5 Å². The van der Waals surface area contributed by atoms with E-state index in [1.165, 1.54) is 4.68 Å². The molecule has 0 saturated carbocycles. The van der Waals surface area contributed by atoms with Crippen LogP contribution in [0.4, 0.5) is 0 Å². The number of pyridine rings is 1. The lowest BCUT2D eigenvalue weighted by molar-refractivity contribution is 0.707. The van der Waals surface area contributed by atoms with Crippen molar-refractivity contribution in [2.24, 2.45) is 7.05 Å². The third kappa shape index (κ3) is 3.30. The molecule has 8 heteroatoms. The Morgan fingerprint density at radius 2 is 2.00 bits per heavy atom. The van der Waals surface area contributed by atoms with Gasteiger partial charge in [-0.15, -0.1) is 5.10 Å². The molecular weight excluding hydrogens is 362 g/mol. The van der Waals surface area contributed by atoms with E-state index in [-0.39, 0.29) is 0 Å². The predicted molar refractivity (Wildman–Crippen MR) is 101 cm³/mol. The summed E-state index contributed by atoms with van der Waals surface area (Å²) in [6, 6.07) is 13.5. The van der Waals surface area contributed by atoms with Crippen molar-refractivity contribution in [3.05, 3.63) is 71.4 Å². The van der Waals surface area contributed by atoms with E-state index < -0.39 is 0 Å². The van der Waals surface area contributed by atoms with Gasteiger partial charge in [0.2, 0.25) is 0 Å². The highest BCUT2D eigenvalue weighted by atomic mass is 35.5. The van der Waals surface area contributed by atoms with E-state index in [1.54, 1.807) is 25.6 Å². The molecule has 1 aromatic carbocycles. The highest BCUT2D eigenvalue weighted by Gasteiger charge is 2.14. The van der Waals surface area contributed by atoms with Crippen molar-refractivity contribution in [3.8, 4) is 28.7 Å². The Kier molecular flexibility index (Phi) is 4.40. The Bertz CT molecular complexity index is 1150. The Labute approximate surface area is 160 Å². The minimum atomic E-state index is 0.399. The molecular formula is C19H14ClN7. The minimum absolute atomic E-state index is 0.399. The number of halogens is 1. The Morgan fingerprint density at radius 3 is 2.81 bits per heavy atom. The molecule has 0 fully saturated rings. The van der Waals surface area contributed by atoms with Gasteiger partial charge in [0.05, 0.1) is 12.0 Å². The van der Waals surface area contributed by atoms with Gasteiger partial charge in [0.15, 0.2) is 5.69 Å². The Hall–Kier alpha value is -3.50. The maximum Gasteiger partial charge on any atom is 0.166 e. The Balaban J connectivity index is 1.64. The molecule has 0 N–H and O–H groups in total. The number of imidazole rings is 1. The number of hydrogen-bond acceptors (Lipinski definition) is 5. The molecule has 0 unspecified atom stereocenters. The maximum absolute atomic E-state index is 9.31. The van der Waals surface area contributed by atoms with Crippen LogP contribution in [-0.4, -0.2) is 29.5 Å². The van der Waals surface area contributed by atoms with Crippen LogP contribution in [-0.2, 0) is 13.6 Å². The second kappa shape index (κ2) is 7.02.